The first-order valence-corrected chi connectivity index (χ1v) is 6.46. The van der Waals surface area contributed by atoms with Gasteiger partial charge in [0.2, 0.25) is 0 Å². The lowest BCUT2D eigenvalue weighted by atomic mass is 9.84. The number of benzene rings is 1. The molecule has 0 spiro atoms. The zero-order chi connectivity index (χ0) is 14.6. The van der Waals surface area contributed by atoms with Gasteiger partial charge in [0, 0.05) is 23.7 Å². The molecular formula is C15H14FNO3. The second kappa shape index (κ2) is 4.16. The van der Waals surface area contributed by atoms with Gasteiger partial charge < -0.3 is 10.0 Å². The lowest BCUT2D eigenvalue weighted by molar-refractivity contribution is -0.139. The van der Waals surface area contributed by atoms with E-state index in [2.05, 4.69) is 0 Å². The van der Waals surface area contributed by atoms with Crippen molar-refractivity contribution in [2.24, 2.45) is 5.92 Å². The molecule has 2 atom stereocenters. The highest BCUT2D eigenvalue weighted by Crippen LogP contribution is 2.40. The van der Waals surface area contributed by atoms with E-state index in [1.807, 2.05) is 24.0 Å². The van der Waals surface area contributed by atoms with Gasteiger partial charge in [0.15, 0.2) is 5.78 Å². The van der Waals surface area contributed by atoms with Crippen molar-refractivity contribution in [3.8, 4) is 0 Å². The van der Waals surface area contributed by atoms with Crippen molar-refractivity contribution in [1.82, 2.24) is 0 Å². The summed E-state index contributed by atoms with van der Waals surface area (Å²) in [4.78, 5) is 25.4. The summed E-state index contributed by atoms with van der Waals surface area (Å²) < 4.78 is 14.0. The minimum Gasteiger partial charge on any atom is -0.481 e. The fourth-order valence-corrected chi connectivity index (χ4v) is 2.91. The predicted octanol–water partition coefficient (Wildman–Crippen LogP) is 2.25. The molecule has 0 saturated carbocycles. The molecule has 1 aromatic rings. The first kappa shape index (κ1) is 12.8. The number of carbonyl (C=O) groups is 2. The predicted molar refractivity (Wildman–Crippen MR) is 72.4 cm³/mol. The van der Waals surface area contributed by atoms with Crippen molar-refractivity contribution in [3.63, 3.8) is 0 Å². The van der Waals surface area contributed by atoms with Crippen molar-refractivity contribution in [2.45, 2.75) is 19.9 Å². The molecule has 2 unspecified atom stereocenters. The summed E-state index contributed by atoms with van der Waals surface area (Å²) in [6.07, 6.45) is 3.71. The standard InChI is InChI=1S/C15H14FNO3/c1-7-3-4-9-8(2)12(16)5-10-13(9)17(7)6-11(14(10)18)15(19)20/h3-5,7,11H,6H2,1-2H3,(H,19,20). The summed E-state index contributed by atoms with van der Waals surface area (Å²) in [6, 6.07) is 1.16. The van der Waals surface area contributed by atoms with Crippen LogP contribution in [0.1, 0.15) is 28.4 Å². The Kier molecular flexibility index (Phi) is 2.67. The number of aliphatic carboxylic acids is 1. The minimum atomic E-state index is -1.16. The number of halogens is 1. The van der Waals surface area contributed by atoms with E-state index >= 15 is 0 Å². The second-order valence-corrected chi connectivity index (χ2v) is 5.30. The smallest absolute Gasteiger partial charge is 0.316 e. The van der Waals surface area contributed by atoms with E-state index in [4.69, 9.17) is 0 Å². The van der Waals surface area contributed by atoms with Crippen LogP contribution < -0.4 is 4.90 Å². The van der Waals surface area contributed by atoms with Gasteiger partial charge in [-0.1, -0.05) is 12.2 Å². The third kappa shape index (κ3) is 1.59. The van der Waals surface area contributed by atoms with Crippen LogP contribution in [0.2, 0.25) is 0 Å². The van der Waals surface area contributed by atoms with E-state index in [1.54, 1.807) is 6.92 Å². The molecule has 2 aliphatic rings. The number of nitrogens with zero attached hydrogens (tertiary/aromatic N) is 1. The van der Waals surface area contributed by atoms with Crippen LogP contribution >= 0.6 is 0 Å². The summed E-state index contributed by atoms with van der Waals surface area (Å²) in [5, 5.41) is 9.19. The van der Waals surface area contributed by atoms with Crippen molar-refractivity contribution >= 4 is 23.5 Å². The fourth-order valence-electron chi connectivity index (χ4n) is 2.91. The molecule has 4 nitrogen and oxygen atoms in total. The molecule has 2 heterocycles. The molecular weight excluding hydrogens is 261 g/mol. The molecule has 5 heteroatoms. The third-order valence-electron chi connectivity index (χ3n) is 4.12. The first-order chi connectivity index (χ1) is 9.41. The molecule has 20 heavy (non-hydrogen) atoms. The van der Waals surface area contributed by atoms with Gasteiger partial charge in [-0.15, -0.1) is 0 Å². The van der Waals surface area contributed by atoms with Crippen LogP contribution in [0, 0.1) is 18.7 Å². The van der Waals surface area contributed by atoms with Gasteiger partial charge >= 0.3 is 5.97 Å². The van der Waals surface area contributed by atoms with Crippen LogP contribution in [0.5, 0.6) is 0 Å². The van der Waals surface area contributed by atoms with Crippen LogP contribution in [0.3, 0.4) is 0 Å². The van der Waals surface area contributed by atoms with E-state index in [0.29, 0.717) is 16.8 Å². The normalized spacial score (nSPS) is 23.8. The number of hydrogen-bond donors (Lipinski definition) is 1. The lowest BCUT2D eigenvalue weighted by Crippen LogP contribution is -2.47. The number of carbonyl (C=O) groups excluding carboxylic acids is 1. The molecule has 2 aliphatic heterocycles. The molecule has 3 rings (SSSR count). The Morgan fingerprint density at radius 3 is 2.85 bits per heavy atom. The van der Waals surface area contributed by atoms with Gasteiger partial charge in [-0.25, -0.2) is 4.39 Å². The molecule has 0 aromatic heterocycles. The Bertz CT molecular complexity index is 666. The number of carboxylic acid groups (broad SMARTS) is 1. The van der Waals surface area contributed by atoms with Gasteiger partial charge in [0.05, 0.1) is 5.69 Å². The highest BCUT2D eigenvalue weighted by Gasteiger charge is 2.40. The Labute approximate surface area is 115 Å². The topological polar surface area (TPSA) is 57.6 Å². The maximum absolute atomic E-state index is 14.0. The van der Waals surface area contributed by atoms with Crippen molar-refractivity contribution < 1.29 is 19.1 Å². The molecule has 0 saturated heterocycles. The molecule has 0 aliphatic carbocycles. The minimum absolute atomic E-state index is 0.0129. The summed E-state index contributed by atoms with van der Waals surface area (Å²) in [5.74, 6) is -3.28. The Morgan fingerprint density at radius 1 is 1.50 bits per heavy atom. The van der Waals surface area contributed by atoms with E-state index in [9.17, 15) is 19.1 Å². The summed E-state index contributed by atoms with van der Waals surface area (Å²) in [5.41, 5.74) is 2.01. The molecule has 104 valence electrons. The van der Waals surface area contributed by atoms with Gasteiger partial charge in [-0.2, -0.15) is 0 Å². The number of ketones is 1. The van der Waals surface area contributed by atoms with Crippen LogP contribution in [0.4, 0.5) is 10.1 Å². The first-order valence-electron chi connectivity index (χ1n) is 6.46. The molecule has 0 fully saturated rings. The van der Waals surface area contributed by atoms with Crippen LogP contribution in [-0.2, 0) is 4.79 Å². The monoisotopic (exact) mass is 275 g/mol. The Balaban J connectivity index is 2.29. The van der Waals surface area contributed by atoms with Crippen molar-refractivity contribution in [3.05, 3.63) is 34.6 Å². The lowest BCUT2D eigenvalue weighted by Gasteiger charge is -2.40. The number of anilines is 1. The number of hydrogen-bond acceptors (Lipinski definition) is 3. The van der Waals surface area contributed by atoms with E-state index in [1.165, 1.54) is 6.07 Å². The zero-order valence-electron chi connectivity index (χ0n) is 11.2. The average molecular weight is 275 g/mol. The van der Waals surface area contributed by atoms with Crippen LogP contribution in [0.25, 0.3) is 6.08 Å². The quantitative estimate of drug-likeness (QED) is 0.799. The van der Waals surface area contributed by atoms with Gasteiger partial charge in [0.25, 0.3) is 0 Å². The average Bonchev–Trinajstić information content (AvgIpc) is 2.39. The SMILES string of the molecule is Cc1c(F)cc2c3c1C=CC(C)N3CC(C(=O)O)C2=O. The second-order valence-electron chi connectivity index (χ2n) is 5.30. The van der Waals surface area contributed by atoms with E-state index in [0.717, 1.165) is 0 Å². The van der Waals surface area contributed by atoms with E-state index in [-0.39, 0.29) is 18.2 Å². The zero-order valence-corrected chi connectivity index (χ0v) is 11.2. The third-order valence-corrected chi connectivity index (χ3v) is 4.12. The molecule has 0 radical (unpaired) electrons. The number of rotatable bonds is 1. The maximum Gasteiger partial charge on any atom is 0.316 e. The molecule has 0 amide bonds. The Morgan fingerprint density at radius 2 is 2.20 bits per heavy atom. The number of carboxylic acids is 1. The maximum atomic E-state index is 14.0. The highest BCUT2D eigenvalue weighted by molar-refractivity contribution is 6.14. The number of Topliss-reactive ketones (excluding diaryl/α,β-unsaturated/α-hetero) is 1. The fraction of sp³-hybridized carbons (Fsp3) is 0.333. The van der Waals surface area contributed by atoms with Crippen molar-refractivity contribution in [2.75, 3.05) is 11.4 Å². The molecule has 0 bridgehead atoms. The van der Waals surface area contributed by atoms with Crippen molar-refractivity contribution in [1.29, 1.82) is 0 Å². The van der Waals surface area contributed by atoms with Crippen LogP contribution in [-0.4, -0.2) is 29.4 Å². The Hall–Kier alpha value is -2.17. The van der Waals surface area contributed by atoms with Crippen LogP contribution in [0.15, 0.2) is 12.1 Å². The summed E-state index contributed by atoms with van der Waals surface area (Å²) >= 11 is 0. The van der Waals surface area contributed by atoms with E-state index < -0.39 is 23.5 Å². The highest BCUT2D eigenvalue weighted by atomic mass is 19.1. The van der Waals surface area contributed by atoms with Gasteiger partial charge in [0.1, 0.15) is 11.7 Å². The summed E-state index contributed by atoms with van der Waals surface area (Å²) in [7, 11) is 0. The molecule has 1 N–H and O–H groups in total. The molecule has 1 aromatic carbocycles. The van der Waals surface area contributed by atoms with Gasteiger partial charge in [-0.05, 0) is 25.5 Å². The largest absolute Gasteiger partial charge is 0.481 e. The van der Waals surface area contributed by atoms with Gasteiger partial charge in [-0.3, -0.25) is 9.59 Å². The summed E-state index contributed by atoms with van der Waals surface area (Å²) in [6.45, 7) is 3.72.